The molecule has 3 aromatic rings. The number of benzene rings is 1. The van der Waals surface area contributed by atoms with Crippen molar-refractivity contribution in [3.63, 3.8) is 0 Å². The second kappa shape index (κ2) is 7.93. The van der Waals surface area contributed by atoms with Gasteiger partial charge in [0.15, 0.2) is 5.82 Å². The van der Waals surface area contributed by atoms with E-state index in [2.05, 4.69) is 41.2 Å². The van der Waals surface area contributed by atoms with E-state index in [-0.39, 0.29) is 17.2 Å². The zero-order valence-electron chi connectivity index (χ0n) is 18.2. The van der Waals surface area contributed by atoms with Gasteiger partial charge in [-0.2, -0.15) is 0 Å². The first-order valence-electron chi connectivity index (χ1n) is 10.2. The third kappa shape index (κ3) is 4.14. The highest BCUT2D eigenvalue weighted by Gasteiger charge is 2.27. The third-order valence-corrected chi connectivity index (χ3v) is 6.25. The van der Waals surface area contributed by atoms with Crippen LogP contribution in [0.4, 0.5) is 11.5 Å². The van der Waals surface area contributed by atoms with Gasteiger partial charge in [-0.15, -0.1) is 0 Å². The first-order valence-corrected chi connectivity index (χ1v) is 12.1. The predicted molar refractivity (Wildman–Crippen MR) is 124 cm³/mol. The van der Waals surface area contributed by atoms with Crippen LogP contribution in [0.25, 0.3) is 11.0 Å². The summed E-state index contributed by atoms with van der Waals surface area (Å²) >= 11 is 0. The third-order valence-electron chi connectivity index (χ3n) is 5.39. The summed E-state index contributed by atoms with van der Waals surface area (Å²) in [4.78, 5) is 22.9. The molecule has 1 aromatic carbocycles. The molecule has 2 aliphatic rings. The molecule has 2 unspecified atom stereocenters. The summed E-state index contributed by atoms with van der Waals surface area (Å²) in [6, 6.07) is 5.93. The largest absolute Gasteiger partial charge is 0.457 e. The SMILES string of the molecule is Cc1cc(Nc2ncnc3cnc(S(C)(=O)=O)nc23)ccc1OC1=CC2N=CN(C)C2C=C1. The van der Waals surface area contributed by atoms with Crippen molar-refractivity contribution in [3.8, 4) is 5.75 Å². The van der Waals surface area contributed by atoms with Gasteiger partial charge in [-0.3, -0.25) is 4.99 Å². The van der Waals surface area contributed by atoms with E-state index in [1.54, 1.807) is 0 Å². The van der Waals surface area contributed by atoms with E-state index in [0.29, 0.717) is 16.9 Å². The standard InChI is InChI=1S/C22H21N7O3S/c1-13-8-14(4-7-19(13)32-15-5-6-18-16(9-15)26-12-29(18)2)27-21-20-17(24-11-25-21)10-23-22(28-20)33(3,30)31/h4-12,16,18H,1-3H3,(H,24,25,27). The monoisotopic (exact) mass is 463 g/mol. The Morgan fingerprint density at radius 2 is 2.03 bits per heavy atom. The lowest BCUT2D eigenvalue weighted by molar-refractivity contribution is 0.404. The molecule has 11 heteroatoms. The molecule has 10 nitrogen and oxygen atoms in total. The van der Waals surface area contributed by atoms with Crippen LogP contribution < -0.4 is 10.1 Å². The van der Waals surface area contributed by atoms with Crippen molar-refractivity contribution in [2.75, 3.05) is 18.6 Å². The molecule has 0 bridgehead atoms. The molecule has 2 aromatic heterocycles. The van der Waals surface area contributed by atoms with Gasteiger partial charge in [0.05, 0.1) is 24.6 Å². The van der Waals surface area contributed by atoms with Crippen molar-refractivity contribution in [3.05, 3.63) is 60.3 Å². The maximum Gasteiger partial charge on any atom is 0.247 e. The Morgan fingerprint density at radius 1 is 1.18 bits per heavy atom. The van der Waals surface area contributed by atoms with E-state index in [1.165, 1.54) is 12.5 Å². The summed E-state index contributed by atoms with van der Waals surface area (Å²) in [6.45, 7) is 1.94. The van der Waals surface area contributed by atoms with Crippen LogP contribution in [0.3, 0.4) is 0 Å². The summed E-state index contributed by atoms with van der Waals surface area (Å²) in [5, 5.41) is 2.91. The number of anilines is 2. The molecule has 168 valence electrons. The highest BCUT2D eigenvalue weighted by molar-refractivity contribution is 7.90. The van der Waals surface area contributed by atoms with E-state index in [1.807, 2.05) is 50.7 Å². The molecular weight excluding hydrogens is 442 g/mol. The second-order valence-electron chi connectivity index (χ2n) is 7.93. The summed E-state index contributed by atoms with van der Waals surface area (Å²) in [6.07, 6.45) is 11.7. The van der Waals surface area contributed by atoms with Gasteiger partial charge in [0.1, 0.15) is 28.9 Å². The molecule has 0 amide bonds. The van der Waals surface area contributed by atoms with Gasteiger partial charge in [0, 0.05) is 19.0 Å². The average molecular weight is 464 g/mol. The number of sulfone groups is 1. The predicted octanol–water partition coefficient (Wildman–Crippen LogP) is 2.42. The number of ether oxygens (including phenoxy) is 1. The Balaban J connectivity index is 1.38. The average Bonchev–Trinajstić information content (AvgIpc) is 3.15. The number of hydrogen-bond donors (Lipinski definition) is 1. The Morgan fingerprint density at radius 3 is 2.82 bits per heavy atom. The molecule has 3 heterocycles. The summed E-state index contributed by atoms with van der Waals surface area (Å²) in [5.74, 6) is 1.85. The Hall–Kier alpha value is -3.86. The number of nitrogens with zero attached hydrogens (tertiary/aromatic N) is 6. The molecule has 0 saturated carbocycles. The number of aryl methyl sites for hydroxylation is 1. The summed E-state index contributed by atoms with van der Waals surface area (Å²) < 4.78 is 29.8. The van der Waals surface area contributed by atoms with Crippen LogP contribution in [-0.4, -0.2) is 65.0 Å². The molecule has 5 rings (SSSR count). The maximum absolute atomic E-state index is 11.8. The Kier molecular flexibility index (Phi) is 5.05. The van der Waals surface area contributed by atoms with E-state index in [0.717, 1.165) is 29.0 Å². The van der Waals surface area contributed by atoms with Crippen molar-refractivity contribution < 1.29 is 13.2 Å². The topological polar surface area (TPSA) is 123 Å². The lowest BCUT2D eigenvalue weighted by Gasteiger charge is -2.23. The minimum Gasteiger partial charge on any atom is -0.457 e. The van der Waals surface area contributed by atoms with Gasteiger partial charge in [-0.25, -0.2) is 28.4 Å². The number of hydrogen-bond acceptors (Lipinski definition) is 10. The summed E-state index contributed by atoms with van der Waals surface area (Å²) in [5.41, 5.74) is 2.41. The molecule has 2 atom stereocenters. The highest BCUT2D eigenvalue weighted by atomic mass is 32.2. The minimum atomic E-state index is -3.56. The van der Waals surface area contributed by atoms with Crippen LogP contribution in [0.15, 0.2) is 64.9 Å². The fraction of sp³-hybridized carbons (Fsp3) is 0.227. The number of rotatable bonds is 5. The number of aliphatic imine (C=N–C) groups is 1. The minimum absolute atomic E-state index is 0.0566. The van der Waals surface area contributed by atoms with Crippen molar-refractivity contribution in [2.45, 2.75) is 24.2 Å². The molecular formula is C22H21N7O3S. The number of aromatic nitrogens is 4. The fourth-order valence-corrected chi connectivity index (χ4v) is 4.18. The molecule has 33 heavy (non-hydrogen) atoms. The normalized spacial score (nSPS) is 19.5. The zero-order valence-corrected chi connectivity index (χ0v) is 19.0. The van der Waals surface area contributed by atoms with Crippen molar-refractivity contribution >= 4 is 38.7 Å². The fourth-order valence-electron chi connectivity index (χ4n) is 3.68. The van der Waals surface area contributed by atoms with E-state index >= 15 is 0 Å². The summed E-state index contributed by atoms with van der Waals surface area (Å²) in [7, 11) is -1.56. The molecule has 0 fully saturated rings. The lowest BCUT2D eigenvalue weighted by atomic mass is 10.0. The Labute approximate surface area is 190 Å². The van der Waals surface area contributed by atoms with Crippen LogP contribution in [-0.2, 0) is 9.84 Å². The van der Waals surface area contributed by atoms with Gasteiger partial charge in [0.2, 0.25) is 15.0 Å². The number of nitrogens with one attached hydrogen (secondary N) is 1. The highest BCUT2D eigenvalue weighted by Crippen LogP contribution is 2.29. The first-order chi connectivity index (χ1) is 15.8. The second-order valence-corrected chi connectivity index (χ2v) is 9.84. The van der Waals surface area contributed by atoms with Crippen LogP contribution in [0.2, 0.25) is 0 Å². The molecule has 0 saturated heterocycles. The molecule has 1 N–H and O–H groups in total. The molecule has 0 radical (unpaired) electrons. The van der Waals surface area contributed by atoms with Crippen LogP contribution >= 0.6 is 0 Å². The van der Waals surface area contributed by atoms with Crippen molar-refractivity contribution in [1.29, 1.82) is 0 Å². The number of allylic oxidation sites excluding steroid dienone is 1. The molecule has 0 spiro atoms. The molecule has 1 aliphatic heterocycles. The van der Waals surface area contributed by atoms with Gasteiger partial charge >= 0.3 is 0 Å². The van der Waals surface area contributed by atoms with Gasteiger partial charge in [0.25, 0.3) is 0 Å². The van der Waals surface area contributed by atoms with Crippen LogP contribution in [0.1, 0.15) is 5.56 Å². The molecule has 1 aliphatic carbocycles. The van der Waals surface area contributed by atoms with Crippen molar-refractivity contribution in [1.82, 2.24) is 24.8 Å². The van der Waals surface area contributed by atoms with Crippen molar-refractivity contribution in [2.24, 2.45) is 4.99 Å². The Bertz CT molecular complexity index is 1450. The quantitative estimate of drug-likeness (QED) is 0.568. The first kappa shape index (κ1) is 21.0. The van der Waals surface area contributed by atoms with E-state index in [4.69, 9.17) is 4.74 Å². The number of fused-ring (bicyclic) bond motifs is 2. The van der Waals surface area contributed by atoms with E-state index in [9.17, 15) is 8.42 Å². The maximum atomic E-state index is 11.8. The smallest absolute Gasteiger partial charge is 0.247 e. The van der Waals surface area contributed by atoms with Gasteiger partial charge in [-0.05, 0) is 42.8 Å². The van der Waals surface area contributed by atoms with Crippen LogP contribution in [0, 0.1) is 6.92 Å². The van der Waals surface area contributed by atoms with E-state index < -0.39 is 9.84 Å². The van der Waals surface area contributed by atoms with Gasteiger partial charge < -0.3 is 15.0 Å². The zero-order chi connectivity index (χ0) is 23.2. The lowest BCUT2D eigenvalue weighted by Crippen LogP contribution is -2.32. The van der Waals surface area contributed by atoms with Gasteiger partial charge in [-0.1, -0.05) is 6.08 Å². The van der Waals surface area contributed by atoms with Crippen LogP contribution in [0.5, 0.6) is 5.75 Å². The number of likely N-dealkylation sites (N-methyl/N-ethyl adjacent to an activating group) is 1.